The number of nitrogens with zero attached hydrogens (tertiary/aromatic N) is 1. The maximum atomic E-state index is 4.66. The normalized spacial score (nSPS) is 13.5. The van der Waals surface area contributed by atoms with Gasteiger partial charge in [-0.15, -0.1) is 11.3 Å². The predicted molar refractivity (Wildman–Crippen MR) is 62.9 cm³/mol. The number of thiazole rings is 1. The van der Waals surface area contributed by atoms with Crippen LogP contribution in [0.3, 0.4) is 0 Å². The molecule has 3 heteroatoms. The van der Waals surface area contributed by atoms with Crippen LogP contribution in [-0.2, 0) is 0 Å². The standard InChI is InChI=1S/C11H20N2S/c1-5-9(12-6-2)11-13-10(7-14-11)8(3)4/h7-9,12H,5-6H2,1-4H3. The molecule has 0 aliphatic rings. The van der Waals surface area contributed by atoms with Crippen molar-refractivity contribution in [3.63, 3.8) is 0 Å². The summed E-state index contributed by atoms with van der Waals surface area (Å²) < 4.78 is 0. The molecule has 1 aromatic rings. The summed E-state index contributed by atoms with van der Waals surface area (Å²) in [5.41, 5.74) is 1.22. The highest BCUT2D eigenvalue weighted by Crippen LogP contribution is 2.24. The van der Waals surface area contributed by atoms with Gasteiger partial charge in [-0.1, -0.05) is 27.7 Å². The second-order valence-electron chi connectivity index (χ2n) is 3.78. The SMILES string of the molecule is CCNC(CC)c1nc(C(C)C)cs1. The van der Waals surface area contributed by atoms with Gasteiger partial charge in [-0.3, -0.25) is 0 Å². The minimum Gasteiger partial charge on any atom is -0.308 e. The van der Waals surface area contributed by atoms with Crippen LogP contribution >= 0.6 is 11.3 Å². The molecule has 0 radical (unpaired) electrons. The van der Waals surface area contributed by atoms with E-state index in [0.29, 0.717) is 12.0 Å². The zero-order valence-electron chi connectivity index (χ0n) is 9.50. The fourth-order valence-corrected chi connectivity index (χ4v) is 2.52. The molecule has 0 bridgehead atoms. The summed E-state index contributed by atoms with van der Waals surface area (Å²) in [6, 6.07) is 0.442. The average molecular weight is 212 g/mol. The van der Waals surface area contributed by atoms with Gasteiger partial charge in [0.1, 0.15) is 5.01 Å². The van der Waals surface area contributed by atoms with E-state index in [2.05, 4.69) is 43.4 Å². The third-order valence-electron chi connectivity index (χ3n) is 2.29. The van der Waals surface area contributed by atoms with Crippen LogP contribution < -0.4 is 5.32 Å². The lowest BCUT2D eigenvalue weighted by Gasteiger charge is -2.12. The molecule has 0 fully saturated rings. The van der Waals surface area contributed by atoms with Crippen LogP contribution in [0, 0.1) is 0 Å². The van der Waals surface area contributed by atoms with E-state index in [-0.39, 0.29) is 0 Å². The minimum absolute atomic E-state index is 0.442. The second-order valence-corrected chi connectivity index (χ2v) is 4.67. The van der Waals surface area contributed by atoms with Gasteiger partial charge in [0, 0.05) is 5.38 Å². The summed E-state index contributed by atoms with van der Waals surface area (Å²) >= 11 is 1.78. The zero-order chi connectivity index (χ0) is 10.6. The minimum atomic E-state index is 0.442. The molecule has 0 aliphatic heterocycles. The Morgan fingerprint density at radius 1 is 1.43 bits per heavy atom. The summed E-state index contributed by atoms with van der Waals surface area (Å²) in [5.74, 6) is 0.541. The molecule has 2 nitrogen and oxygen atoms in total. The van der Waals surface area contributed by atoms with E-state index >= 15 is 0 Å². The van der Waals surface area contributed by atoms with E-state index in [1.54, 1.807) is 11.3 Å². The van der Waals surface area contributed by atoms with Gasteiger partial charge in [-0.25, -0.2) is 4.98 Å². The molecule has 0 aromatic carbocycles. The predicted octanol–water partition coefficient (Wildman–Crippen LogP) is 3.33. The monoisotopic (exact) mass is 212 g/mol. The first-order valence-electron chi connectivity index (χ1n) is 5.37. The van der Waals surface area contributed by atoms with Crippen LogP contribution in [0.5, 0.6) is 0 Å². The molecule has 1 N–H and O–H groups in total. The lowest BCUT2D eigenvalue weighted by molar-refractivity contribution is 0.533. The van der Waals surface area contributed by atoms with E-state index in [4.69, 9.17) is 0 Å². The van der Waals surface area contributed by atoms with E-state index in [1.165, 1.54) is 10.7 Å². The Morgan fingerprint density at radius 2 is 2.14 bits per heavy atom. The molecule has 1 aromatic heterocycles. The average Bonchev–Trinajstić information content (AvgIpc) is 2.63. The number of nitrogens with one attached hydrogen (secondary N) is 1. The van der Waals surface area contributed by atoms with Crippen molar-refractivity contribution in [2.75, 3.05) is 6.54 Å². The van der Waals surface area contributed by atoms with Crippen LogP contribution in [0.4, 0.5) is 0 Å². The Bertz CT molecular complexity index is 268. The number of aromatic nitrogens is 1. The van der Waals surface area contributed by atoms with Gasteiger partial charge in [0.15, 0.2) is 0 Å². The van der Waals surface area contributed by atoms with Crippen molar-refractivity contribution in [2.45, 2.75) is 46.1 Å². The van der Waals surface area contributed by atoms with Crippen molar-refractivity contribution in [1.29, 1.82) is 0 Å². The second kappa shape index (κ2) is 5.47. The summed E-state index contributed by atoms with van der Waals surface area (Å²) in [6.45, 7) is 9.72. The first-order chi connectivity index (χ1) is 6.69. The maximum Gasteiger partial charge on any atom is 0.110 e. The van der Waals surface area contributed by atoms with Gasteiger partial charge in [-0.05, 0) is 18.9 Å². The molecule has 0 amide bonds. The molecule has 1 unspecified atom stereocenters. The van der Waals surface area contributed by atoms with Gasteiger partial charge in [0.05, 0.1) is 11.7 Å². The summed E-state index contributed by atoms with van der Waals surface area (Å²) in [4.78, 5) is 4.66. The molecule has 1 atom stereocenters. The molecular weight excluding hydrogens is 192 g/mol. The largest absolute Gasteiger partial charge is 0.308 e. The summed E-state index contributed by atoms with van der Waals surface area (Å²) in [7, 11) is 0. The van der Waals surface area contributed by atoms with Gasteiger partial charge in [0.2, 0.25) is 0 Å². The van der Waals surface area contributed by atoms with Crippen molar-refractivity contribution in [2.24, 2.45) is 0 Å². The van der Waals surface area contributed by atoms with E-state index < -0.39 is 0 Å². The molecule has 14 heavy (non-hydrogen) atoms. The Labute approximate surface area is 90.8 Å². The third-order valence-corrected chi connectivity index (χ3v) is 3.26. The number of hydrogen-bond donors (Lipinski definition) is 1. The van der Waals surface area contributed by atoms with Crippen LogP contribution in [0.25, 0.3) is 0 Å². The molecule has 1 heterocycles. The molecule has 1 rings (SSSR count). The molecule has 80 valence electrons. The molecule has 0 saturated heterocycles. The Balaban J connectivity index is 2.73. The number of hydrogen-bond acceptors (Lipinski definition) is 3. The lowest BCUT2D eigenvalue weighted by atomic mass is 10.1. The van der Waals surface area contributed by atoms with Crippen LogP contribution in [0.2, 0.25) is 0 Å². The van der Waals surface area contributed by atoms with E-state index in [9.17, 15) is 0 Å². The Hall–Kier alpha value is -0.410. The van der Waals surface area contributed by atoms with Crippen molar-refractivity contribution < 1.29 is 0 Å². The van der Waals surface area contributed by atoms with Gasteiger partial charge in [-0.2, -0.15) is 0 Å². The van der Waals surface area contributed by atoms with Gasteiger partial charge < -0.3 is 5.32 Å². The van der Waals surface area contributed by atoms with E-state index in [1.807, 2.05) is 0 Å². The molecule has 0 spiro atoms. The van der Waals surface area contributed by atoms with Crippen molar-refractivity contribution >= 4 is 11.3 Å². The highest BCUT2D eigenvalue weighted by Gasteiger charge is 2.13. The highest BCUT2D eigenvalue weighted by atomic mass is 32.1. The van der Waals surface area contributed by atoms with Crippen molar-refractivity contribution in [3.05, 3.63) is 16.1 Å². The maximum absolute atomic E-state index is 4.66. The molecular formula is C11H20N2S. The van der Waals surface area contributed by atoms with E-state index in [0.717, 1.165) is 13.0 Å². The summed E-state index contributed by atoms with van der Waals surface area (Å²) in [5, 5.41) is 6.86. The quantitative estimate of drug-likeness (QED) is 0.810. The topological polar surface area (TPSA) is 24.9 Å². The van der Waals surface area contributed by atoms with Gasteiger partial charge >= 0.3 is 0 Å². The van der Waals surface area contributed by atoms with Crippen LogP contribution in [-0.4, -0.2) is 11.5 Å². The Morgan fingerprint density at radius 3 is 2.57 bits per heavy atom. The van der Waals surface area contributed by atoms with Crippen molar-refractivity contribution in [1.82, 2.24) is 10.3 Å². The highest BCUT2D eigenvalue weighted by molar-refractivity contribution is 7.09. The van der Waals surface area contributed by atoms with Crippen LogP contribution in [0.15, 0.2) is 5.38 Å². The first kappa shape index (κ1) is 11.7. The number of rotatable bonds is 5. The smallest absolute Gasteiger partial charge is 0.110 e. The first-order valence-corrected chi connectivity index (χ1v) is 6.25. The fraction of sp³-hybridized carbons (Fsp3) is 0.727. The Kier molecular flexibility index (Phi) is 4.55. The molecule has 0 saturated carbocycles. The molecule has 0 aliphatic carbocycles. The van der Waals surface area contributed by atoms with Crippen LogP contribution in [0.1, 0.15) is 56.8 Å². The van der Waals surface area contributed by atoms with Gasteiger partial charge in [0.25, 0.3) is 0 Å². The summed E-state index contributed by atoms with van der Waals surface area (Å²) in [6.07, 6.45) is 1.11. The third kappa shape index (κ3) is 2.79. The zero-order valence-corrected chi connectivity index (χ0v) is 10.3. The fourth-order valence-electron chi connectivity index (χ4n) is 1.38. The van der Waals surface area contributed by atoms with Crippen molar-refractivity contribution in [3.8, 4) is 0 Å². The lowest BCUT2D eigenvalue weighted by Crippen LogP contribution is -2.19.